The van der Waals surface area contributed by atoms with E-state index in [0.717, 1.165) is 4.57 Å². The SMILES string of the molecule is CC(C)(C)OC(=O)N1CCOC(COc2ccc3c(c2)cc(C(=O)N2CCOCC2)n3CC(F)(F)F)C1. The van der Waals surface area contributed by atoms with Gasteiger partial charge in [-0.2, -0.15) is 13.2 Å². The number of carbonyl (C=O) groups is 2. The Balaban J connectivity index is 1.48. The van der Waals surface area contributed by atoms with Gasteiger partial charge in [0, 0.05) is 30.5 Å². The highest BCUT2D eigenvalue weighted by Gasteiger charge is 2.33. The van der Waals surface area contributed by atoms with E-state index in [2.05, 4.69) is 0 Å². The average Bonchev–Trinajstić information content (AvgIpc) is 3.18. The number of benzene rings is 1. The molecule has 0 spiro atoms. The van der Waals surface area contributed by atoms with E-state index in [1.165, 1.54) is 17.0 Å². The molecular weight excluding hydrogens is 495 g/mol. The zero-order chi connectivity index (χ0) is 26.8. The van der Waals surface area contributed by atoms with E-state index in [1.54, 1.807) is 37.8 Å². The summed E-state index contributed by atoms with van der Waals surface area (Å²) >= 11 is 0. The number of hydrogen-bond acceptors (Lipinski definition) is 6. The molecule has 3 heterocycles. The zero-order valence-electron chi connectivity index (χ0n) is 21.2. The Morgan fingerprint density at radius 3 is 2.41 bits per heavy atom. The maximum atomic E-state index is 13.4. The molecule has 2 fully saturated rings. The van der Waals surface area contributed by atoms with Crippen molar-refractivity contribution in [3.05, 3.63) is 30.0 Å². The summed E-state index contributed by atoms with van der Waals surface area (Å²) in [6, 6.07) is 6.15. The van der Waals surface area contributed by atoms with Crippen molar-refractivity contribution in [1.82, 2.24) is 14.4 Å². The van der Waals surface area contributed by atoms with Gasteiger partial charge in [-0.1, -0.05) is 0 Å². The van der Waals surface area contributed by atoms with Crippen molar-refractivity contribution in [2.75, 3.05) is 52.6 Å². The number of carbonyl (C=O) groups excluding carboxylic acids is 2. The standard InChI is InChI=1S/C25H32F3N3O6/c1-24(2,3)37-23(33)30-8-11-35-19(14-30)15-36-18-4-5-20-17(12-18)13-21(31(20)16-25(26,27)28)22(32)29-6-9-34-10-7-29/h4-5,12-13,19H,6-11,14-16H2,1-3H3. The van der Waals surface area contributed by atoms with Crippen LogP contribution in [-0.4, -0.2) is 96.9 Å². The van der Waals surface area contributed by atoms with E-state index < -0.39 is 36.4 Å². The molecule has 2 aliphatic rings. The molecule has 2 aromatic rings. The first-order chi connectivity index (χ1) is 17.4. The number of alkyl halides is 3. The predicted octanol–water partition coefficient (Wildman–Crippen LogP) is 3.69. The highest BCUT2D eigenvalue weighted by Crippen LogP contribution is 2.29. The van der Waals surface area contributed by atoms with E-state index in [1.807, 2.05) is 0 Å². The number of rotatable bonds is 5. The van der Waals surface area contributed by atoms with Gasteiger partial charge in [-0.25, -0.2) is 4.79 Å². The van der Waals surface area contributed by atoms with Gasteiger partial charge in [0.1, 0.15) is 36.3 Å². The molecule has 9 nitrogen and oxygen atoms in total. The Hall–Kier alpha value is -2.99. The van der Waals surface area contributed by atoms with Crippen LogP contribution in [0.4, 0.5) is 18.0 Å². The molecule has 12 heteroatoms. The van der Waals surface area contributed by atoms with Crippen LogP contribution in [-0.2, 0) is 20.8 Å². The number of halogens is 3. The van der Waals surface area contributed by atoms with Gasteiger partial charge in [0.2, 0.25) is 0 Å². The lowest BCUT2D eigenvalue weighted by Crippen LogP contribution is -2.49. The van der Waals surface area contributed by atoms with Crippen LogP contribution in [0.15, 0.2) is 24.3 Å². The van der Waals surface area contributed by atoms with E-state index in [-0.39, 0.29) is 24.4 Å². The van der Waals surface area contributed by atoms with Crippen LogP contribution in [0.25, 0.3) is 10.9 Å². The molecule has 1 unspecified atom stereocenters. The minimum atomic E-state index is -4.50. The van der Waals surface area contributed by atoms with Crippen molar-refractivity contribution in [3.63, 3.8) is 0 Å². The van der Waals surface area contributed by atoms with Gasteiger partial charge in [-0.3, -0.25) is 4.79 Å². The molecule has 0 radical (unpaired) electrons. The molecule has 204 valence electrons. The number of nitrogens with zero attached hydrogens (tertiary/aromatic N) is 3. The van der Waals surface area contributed by atoms with Crippen LogP contribution in [0.2, 0.25) is 0 Å². The first kappa shape index (κ1) is 27.1. The number of amides is 2. The molecule has 0 bridgehead atoms. The van der Waals surface area contributed by atoms with Crippen molar-refractivity contribution >= 4 is 22.9 Å². The van der Waals surface area contributed by atoms with Gasteiger partial charge in [0.15, 0.2) is 0 Å². The Bertz CT molecular complexity index is 1120. The molecule has 4 rings (SSSR count). The van der Waals surface area contributed by atoms with Crippen molar-refractivity contribution in [2.45, 2.75) is 45.2 Å². The number of ether oxygens (including phenoxy) is 4. The molecule has 1 aromatic carbocycles. The van der Waals surface area contributed by atoms with Gasteiger partial charge in [0.25, 0.3) is 5.91 Å². The minimum absolute atomic E-state index is 0.0324. The van der Waals surface area contributed by atoms with Crippen LogP contribution in [0, 0.1) is 0 Å². The first-order valence-corrected chi connectivity index (χ1v) is 12.2. The third-order valence-corrected chi connectivity index (χ3v) is 5.95. The fourth-order valence-electron chi connectivity index (χ4n) is 4.30. The zero-order valence-corrected chi connectivity index (χ0v) is 21.2. The highest BCUT2D eigenvalue weighted by atomic mass is 19.4. The van der Waals surface area contributed by atoms with Crippen LogP contribution >= 0.6 is 0 Å². The molecule has 2 aliphatic heterocycles. The Kier molecular flexibility index (Phi) is 7.88. The summed E-state index contributed by atoms with van der Waals surface area (Å²) in [4.78, 5) is 28.5. The largest absolute Gasteiger partial charge is 0.491 e. The van der Waals surface area contributed by atoms with E-state index in [0.29, 0.717) is 50.6 Å². The van der Waals surface area contributed by atoms with Crippen molar-refractivity contribution in [2.24, 2.45) is 0 Å². The van der Waals surface area contributed by atoms with Crippen molar-refractivity contribution < 1.29 is 41.7 Å². The van der Waals surface area contributed by atoms with E-state index >= 15 is 0 Å². The lowest BCUT2D eigenvalue weighted by atomic mass is 10.2. The number of hydrogen-bond donors (Lipinski definition) is 0. The fraction of sp³-hybridized carbons (Fsp3) is 0.600. The van der Waals surface area contributed by atoms with Crippen molar-refractivity contribution in [3.8, 4) is 5.75 Å². The molecule has 1 aromatic heterocycles. The van der Waals surface area contributed by atoms with E-state index in [4.69, 9.17) is 18.9 Å². The maximum absolute atomic E-state index is 13.4. The normalized spacial score (nSPS) is 19.2. The third-order valence-electron chi connectivity index (χ3n) is 5.95. The lowest BCUT2D eigenvalue weighted by Gasteiger charge is -2.34. The summed E-state index contributed by atoms with van der Waals surface area (Å²) in [7, 11) is 0. The number of morpholine rings is 2. The van der Waals surface area contributed by atoms with Gasteiger partial charge >= 0.3 is 12.3 Å². The molecule has 2 amide bonds. The third kappa shape index (κ3) is 7.07. The summed E-state index contributed by atoms with van der Waals surface area (Å²) in [6.45, 7) is 6.60. The van der Waals surface area contributed by atoms with Gasteiger partial charge in [-0.15, -0.1) is 0 Å². The lowest BCUT2D eigenvalue weighted by molar-refractivity contribution is -0.140. The second kappa shape index (κ2) is 10.8. The van der Waals surface area contributed by atoms with Gasteiger partial charge < -0.3 is 33.3 Å². The Morgan fingerprint density at radius 1 is 1.03 bits per heavy atom. The van der Waals surface area contributed by atoms with Crippen molar-refractivity contribution in [1.29, 1.82) is 0 Å². The molecule has 2 saturated heterocycles. The van der Waals surface area contributed by atoms with Crippen LogP contribution in [0.5, 0.6) is 5.75 Å². The molecule has 0 aliphatic carbocycles. The van der Waals surface area contributed by atoms with Crippen LogP contribution < -0.4 is 4.74 Å². The number of aromatic nitrogens is 1. The van der Waals surface area contributed by atoms with E-state index in [9.17, 15) is 22.8 Å². The quantitative estimate of drug-likeness (QED) is 0.590. The average molecular weight is 528 g/mol. The summed E-state index contributed by atoms with van der Waals surface area (Å²) in [5.41, 5.74) is -0.359. The molecule has 37 heavy (non-hydrogen) atoms. The Morgan fingerprint density at radius 2 is 1.73 bits per heavy atom. The maximum Gasteiger partial charge on any atom is 0.410 e. The Labute approximate surface area is 213 Å². The van der Waals surface area contributed by atoms with Gasteiger partial charge in [-0.05, 0) is 45.0 Å². The molecular formula is C25H32F3N3O6. The summed E-state index contributed by atoms with van der Waals surface area (Å²) in [5, 5.41) is 0.457. The molecule has 0 N–H and O–H groups in total. The monoisotopic (exact) mass is 527 g/mol. The van der Waals surface area contributed by atoms with Gasteiger partial charge in [0.05, 0.1) is 26.4 Å². The molecule has 0 saturated carbocycles. The second-order valence-corrected chi connectivity index (χ2v) is 10.1. The highest BCUT2D eigenvalue weighted by molar-refractivity contribution is 5.99. The van der Waals surface area contributed by atoms with Crippen LogP contribution in [0.3, 0.4) is 0 Å². The predicted molar refractivity (Wildman–Crippen MR) is 128 cm³/mol. The first-order valence-electron chi connectivity index (χ1n) is 12.2. The summed E-state index contributed by atoms with van der Waals surface area (Å²) in [5.74, 6) is -0.0518. The van der Waals surface area contributed by atoms with Crippen LogP contribution in [0.1, 0.15) is 31.3 Å². The minimum Gasteiger partial charge on any atom is -0.491 e. The summed E-state index contributed by atoms with van der Waals surface area (Å²) in [6.07, 6.45) is -5.32. The number of fused-ring (bicyclic) bond motifs is 1. The fourth-order valence-corrected chi connectivity index (χ4v) is 4.30. The smallest absolute Gasteiger partial charge is 0.410 e. The molecule has 1 atom stereocenters. The topological polar surface area (TPSA) is 82.5 Å². The second-order valence-electron chi connectivity index (χ2n) is 10.1. The summed E-state index contributed by atoms with van der Waals surface area (Å²) < 4.78 is 63.4.